The summed E-state index contributed by atoms with van der Waals surface area (Å²) in [5, 5.41) is 0. The second kappa shape index (κ2) is 19.7. The third kappa shape index (κ3) is 27.1. The van der Waals surface area contributed by atoms with Gasteiger partial charge in [0.25, 0.3) is 0 Å². The molecular weight excluding hydrogens is 1940 g/mol. The van der Waals surface area contributed by atoms with Gasteiger partial charge >= 0.3 is 355 Å². The zero-order valence-electron chi connectivity index (χ0n) is 22.3. The van der Waals surface area contributed by atoms with Crippen molar-refractivity contribution < 1.29 is 324 Å². The molecule has 0 aromatic carbocycles. The molecule has 54 heteroatoms. The van der Waals surface area contributed by atoms with Crippen LogP contribution in [0, 0.1) is 0 Å². The van der Waals surface area contributed by atoms with Crippen LogP contribution in [0.5, 0.6) is 0 Å². The predicted molar refractivity (Wildman–Crippen MR) is 51.2 cm³/mol. The van der Waals surface area contributed by atoms with E-state index in [1.165, 1.54) is 0 Å². The summed E-state index contributed by atoms with van der Waals surface area (Å²) in [6.07, 6.45) is 0. The van der Waals surface area contributed by atoms with E-state index in [1.54, 1.807) is 0 Å². The van der Waals surface area contributed by atoms with E-state index in [4.69, 9.17) is 7.52 Å². The molecule has 40 nitrogen and oxygen atoms in total. The molecule has 0 bridgehead atoms. The fourth-order valence-corrected chi connectivity index (χ4v) is 64.0. The molecule has 2 N–H and O–H groups in total. The van der Waals surface area contributed by atoms with Crippen LogP contribution in [0.4, 0.5) is 0 Å². The van der Waals surface area contributed by atoms with Gasteiger partial charge in [-0.25, -0.2) is 0 Å². The number of phosphoric acid groups is 1. The number of rotatable bonds is 25. The summed E-state index contributed by atoms with van der Waals surface area (Å²) >= 11 is -97.4. The molecule has 0 fully saturated rings. The van der Waals surface area contributed by atoms with Gasteiger partial charge in [-0.1, -0.05) is 0 Å². The molecule has 0 saturated heterocycles. The van der Waals surface area contributed by atoms with Gasteiger partial charge in [-0.15, -0.1) is 0 Å². The molecule has 0 amide bonds. The molecule has 0 unspecified atom stereocenters. The summed E-state index contributed by atoms with van der Waals surface area (Å²) in [5.41, 5.74) is 0. The van der Waals surface area contributed by atoms with Crippen LogP contribution in [0.3, 0.4) is 0 Å². The van der Waals surface area contributed by atoms with Gasteiger partial charge < -0.3 is 0 Å². The molecule has 0 rings (SSSR count). The van der Waals surface area contributed by atoms with Crippen molar-refractivity contribution in [1.29, 1.82) is 0 Å². The van der Waals surface area contributed by atoms with E-state index in [1.807, 2.05) is 0 Å². The SMILES string of the molecule is O=P([O][Mo](=[O])(=[O])[O][Mo](=[O])(=[O])[O][Mo](=[O])(=[O])[O][Mo](=[O])(=[O])[OH])([O][Mo](=[O])(=[O])[O][Mo](=[O])(=[O])[O][Mo](=[O])(=[O])[O][Mo](=[O])(=[O])[OH])[O][Mo](=[O])(=[O])[O][Mo](=[O])(=[O])[O][Mo](=[O])(=[O])[O][Mo](=[O])(=[O])[O][SbH2]. The van der Waals surface area contributed by atoms with Gasteiger partial charge in [0.2, 0.25) is 0 Å². The zero-order chi connectivity index (χ0) is 43.7. The molecule has 326 valence electrons. The molecule has 0 saturated carbocycles. The minimum absolute atomic E-state index is 0.778. The van der Waals surface area contributed by atoms with Crippen LogP contribution in [-0.4, -0.2) is 31.0 Å². The van der Waals surface area contributed by atoms with Crippen molar-refractivity contribution in [2.45, 2.75) is 0 Å². The van der Waals surface area contributed by atoms with Gasteiger partial charge in [0.05, 0.1) is 0 Å². The molecule has 0 spiro atoms. The zero-order valence-corrected chi connectivity index (χ0v) is 50.6. The summed E-state index contributed by atoms with van der Waals surface area (Å²) in [6, 6.07) is 0. The Hall–Kier alpha value is 3.91. The van der Waals surface area contributed by atoms with Crippen LogP contribution >= 0.6 is 7.82 Å². The van der Waals surface area contributed by atoms with Crippen molar-refractivity contribution in [3.8, 4) is 0 Å². The van der Waals surface area contributed by atoms with Crippen molar-refractivity contribution in [3.63, 3.8) is 0 Å². The summed E-state index contributed by atoms with van der Waals surface area (Å²) in [6.45, 7) is 0. The van der Waals surface area contributed by atoms with Crippen LogP contribution in [0.25, 0.3) is 0 Å². The van der Waals surface area contributed by atoms with Gasteiger partial charge in [0.15, 0.2) is 0 Å². The average Bonchev–Trinajstić information content (AvgIpc) is 2.66. The van der Waals surface area contributed by atoms with E-state index in [2.05, 4.69) is 29.6 Å². The fourth-order valence-electron chi connectivity index (χ4n) is 1.42. The van der Waals surface area contributed by atoms with E-state index in [-0.39, 0.29) is 0 Å². The van der Waals surface area contributed by atoms with E-state index in [9.17, 15) is 86.1 Å². The van der Waals surface area contributed by atoms with Gasteiger partial charge in [-0.3, -0.25) is 0 Å². The molecule has 0 radical (unpaired) electrons. The topological polar surface area (TPSA) is 587 Å². The Morgan fingerprint density at radius 1 is 0.296 bits per heavy atom. The van der Waals surface area contributed by atoms with Crippen molar-refractivity contribution in [3.05, 3.63) is 0 Å². The predicted octanol–water partition coefficient (Wildman–Crippen LogP) is -5.06. The molecular formula is H4Mo12O40PSb. The molecule has 0 atom stereocenters. The normalized spacial score (nSPS) is 15.5. The third-order valence-corrected chi connectivity index (χ3v) is 67.1. The Balaban J connectivity index is 7.02. The Morgan fingerprint density at radius 3 is 0.648 bits per heavy atom. The second-order valence-corrected chi connectivity index (χ2v) is 59.8. The van der Waals surface area contributed by atoms with Crippen LogP contribution in [0.1, 0.15) is 0 Å². The molecule has 0 aromatic heterocycles. The Bertz CT molecular complexity index is 2710. The minimum atomic E-state index is -8.78. The first-order valence-corrected chi connectivity index (χ1v) is 51.3. The van der Waals surface area contributed by atoms with Crippen molar-refractivity contribution in [2.75, 3.05) is 0 Å². The van der Waals surface area contributed by atoms with Crippen molar-refractivity contribution in [2.24, 2.45) is 0 Å². The Kier molecular flexibility index (Phi) is 21.2. The Morgan fingerprint density at radius 2 is 0.463 bits per heavy atom. The standard InChI is InChI=1S/12Mo.H3O4P.2H2O.34O.Sb.2H/c;;;;;;;;;;;;1-5(2,3)4;;;;;;;;;;;;;;;;;;;;;;;;;;;;;;;;;;;;;;;/h;;;;;;;;;;;;(H3,1,2,3,4);2*1H2;;;;;;;;;;;;;;;;;;;;;;;;;;;;;;;;;;;;;/q;;;;;;;5*+1;;;;;;;;;;;;;;;;;;;;;;;;;;;;;;;;;;;;;;;;/p-5. The monoisotopic (exact) mass is 1970 g/mol. The Labute approximate surface area is 348 Å². The first kappa shape index (κ1) is 57.9. The van der Waals surface area contributed by atoms with Crippen LogP contribution in [0.15, 0.2) is 0 Å². The third-order valence-electron chi connectivity index (χ3n) is 2.17. The molecule has 0 aliphatic heterocycles. The van der Waals surface area contributed by atoms with Gasteiger partial charge in [0, 0.05) is 0 Å². The van der Waals surface area contributed by atoms with Crippen molar-refractivity contribution in [1.82, 2.24) is 0 Å². The molecule has 0 aliphatic carbocycles. The summed E-state index contributed by atoms with van der Waals surface area (Å²) in [4.78, 5) is 0. The first-order chi connectivity index (χ1) is 23.0. The van der Waals surface area contributed by atoms with E-state index < -0.39 is 232 Å². The first-order valence-electron chi connectivity index (χ1n) is 9.00. The van der Waals surface area contributed by atoms with Gasteiger partial charge in [0.1, 0.15) is 0 Å². The van der Waals surface area contributed by atoms with Gasteiger partial charge in [-0.2, -0.15) is 0 Å². The van der Waals surface area contributed by atoms with E-state index in [0.717, 1.165) is 0 Å². The van der Waals surface area contributed by atoms with Crippen LogP contribution < -0.4 is 0 Å². The summed E-state index contributed by atoms with van der Waals surface area (Å²) in [5.74, 6) is 0. The maximum atomic E-state index is 12.8. The molecule has 0 aliphatic rings. The number of hydrogen-bond donors (Lipinski definition) is 2. The van der Waals surface area contributed by atoms with Crippen LogP contribution in [-0.2, 0) is 317 Å². The number of hydrogen-bond acceptors (Lipinski definition) is 38. The summed E-state index contributed by atoms with van der Waals surface area (Å²) < 4.78 is 346. The molecule has 0 aromatic rings. The van der Waals surface area contributed by atoms with Crippen molar-refractivity contribution >= 4 is 31.3 Å². The van der Waals surface area contributed by atoms with Crippen LogP contribution in [0.2, 0.25) is 0 Å². The quantitative estimate of drug-likeness (QED) is 0.0638. The van der Waals surface area contributed by atoms with Gasteiger partial charge in [-0.05, 0) is 0 Å². The second-order valence-electron chi connectivity index (χ2n) is 6.32. The molecule has 0 heterocycles. The van der Waals surface area contributed by atoms with E-state index in [0.29, 0.717) is 0 Å². The van der Waals surface area contributed by atoms with E-state index >= 15 is 0 Å². The maximum absolute atomic E-state index is 12.8. The fraction of sp³-hybridized carbons (Fsp3) is 0. The average molecular weight is 1950 g/mol. The molecule has 54 heavy (non-hydrogen) atoms. The summed E-state index contributed by atoms with van der Waals surface area (Å²) in [7, 11) is -7.89.